The number of likely N-dealkylation sites (tertiary alicyclic amines) is 1. The minimum Gasteiger partial charge on any atom is -0.490 e. The van der Waals surface area contributed by atoms with E-state index in [1.165, 1.54) is 6.08 Å². The zero-order chi connectivity index (χ0) is 22.1. The summed E-state index contributed by atoms with van der Waals surface area (Å²) < 4.78 is 11.3. The van der Waals surface area contributed by atoms with Gasteiger partial charge in [-0.25, -0.2) is 0 Å². The molecule has 0 aromatic heterocycles. The van der Waals surface area contributed by atoms with Crippen molar-refractivity contribution in [2.24, 2.45) is 0 Å². The molecule has 0 unspecified atom stereocenters. The van der Waals surface area contributed by atoms with Crippen LogP contribution in [0.4, 0.5) is 5.69 Å². The van der Waals surface area contributed by atoms with Gasteiger partial charge in [0, 0.05) is 18.8 Å². The highest BCUT2D eigenvalue weighted by Gasteiger charge is 2.19. The summed E-state index contributed by atoms with van der Waals surface area (Å²) in [6, 6.07) is 15.9. The molecule has 1 saturated heterocycles. The van der Waals surface area contributed by atoms with Gasteiger partial charge in [0.2, 0.25) is 0 Å². The normalized spacial score (nSPS) is 13.4. The Morgan fingerprint density at radius 3 is 2.52 bits per heavy atom. The Balaban J connectivity index is 1.72. The third kappa shape index (κ3) is 6.09. The monoisotopic (exact) mass is 419 g/mol. The highest BCUT2D eigenvalue weighted by atomic mass is 16.5. The highest BCUT2D eigenvalue weighted by Crippen LogP contribution is 2.29. The number of amides is 2. The maximum atomic E-state index is 12.4. The van der Waals surface area contributed by atoms with Gasteiger partial charge in [-0.05, 0) is 55.7 Å². The Bertz CT molecular complexity index is 990. The molecule has 160 valence electrons. The van der Waals surface area contributed by atoms with Crippen LogP contribution in [0.1, 0.15) is 25.3 Å². The van der Waals surface area contributed by atoms with E-state index in [0.29, 0.717) is 29.4 Å². The molecule has 7 heteroatoms. The van der Waals surface area contributed by atoms with E-state index in [4.69, 9.17) is 9.47 Å². The van der Waals surface area contributed by atoms with Crippen molar-refractivity contribution >= 4 is 23.6 Å². The lowest BCUT2D eigenvalue weighted by Crippen LogP contribution is -2.32. The highest BCUT2D eigenvalue weighted by molar-refractivity contribution is 6.09. The Labute approximate surface area is 181 Å². The van der Waals surface area contributed by atoms with E-state index in [-0.39, 0.29) is 18.1 Å². The fourth-order valence-corrected chi connectivity index (χ4v) is 3.23. The molecule has 1 aliphatic rings. The van der Waals surface area contributed by atoms with E-state index in [1.807, 2.05) is 19.1 Å². The molecule has 1 aliphatic heterocycles. The van der Waals surface area contributed by atoms with Crippen molar-refractivity contribution in [3.8, 4) is 17.6 Å². The Morgan fingerprint density at radius 2 is 1.84 bits per heavy atom. The lowest BCUT2D eigenvalue weighted by molar-refractivity contribution is -0.132. The smallest absolute Gasteiger partial charge is 0.266 e. The van der Waals surface area contributed by atoms with Gasteiger partial charge in [-0.2, -0.15) is 5.26 Å². The van der Waals surface area contributed by atoms with Gasteiger partial charge in [-0.1, -0.05) is 24.3 Å². The van der Waals surface area contributed by atoms with Gasteiger partial charge in [0.1, 0.15) is 11.6 Å². The van der Waals surface area contributed by atoms with E-state index >= 15 is 0 Å². The van der Waals surface area contributed by atoms with E-state index in [1.54, 1.807) is 47.4 Å². The van der Waals surface area contributed by atoms with Gasteiger partial charge in [0.25, 0.3) is 11.8 Å². The van der Waals surface area contributed by atoms with Crippen LogP contribution in [0.15, 0.2) is 54.1 Å². The predicted octanol–water partition coefficient (Wildman–Crippen LogP) is 3.63. The summed E-state index contributed by atoms with van der Waals surface area (Å²) in [5, 5.41) is 12.1. The Hall–Kier alpha value is -3.79. The largest absolute Gasteiger partial charge is 0.490 e. The minimum absolute atomic E-state index is 0.0378. The first-order valence-electron chi connectivity index (χ1n) is 10.3. The molecule has 1 heterocycles. The molecule has 0 spiro atoms. The van der Waals surface area contributed by atoms with Crippen LogP contribution < -0.4 is 14.8 Å². The lowest BCUT2D eigenvalue weighted by atomic mass is 10.1. The zero-order valence-electron chi connectivity index (χ0n) is 17.5. The first-order chi connectivity index (χ1) is 15.1. The number of para-hydroxylation sites is 1. The third-order valence-electron chi connectivity index (χ3n) is 4.79. The van der Waals surface area contributed by atoms with Crippen LogP contribution in [-0.4, -0.2) is 43.0 Å². The van der Waals surface area contributed by atoms with Crippen molar-refractivity contribution in [1.82, 2.24) is 4.90 Å². The van der Waals surface area contributed by atoms with Gasteiger partial charge >= 0.3 is 0 Å². The van der Waals surface area contributed by atoms with E-state index in [9.17, 15) is 14.9 Å². The molecule has 2 amide bonds. The summed E-state index contributed by atoms with van der Waals surface area (Å²) in [5.41, 5.74) is 1.18. The van der Waals surface area contributed by atoms with Crippen LogP contribution in [0.5, 0.6) is 11.5 Å². The number of ether oxygens (including phenoxy) is 2. The first kappa shape index (κ1) is 21.9. The molecule has 2 aromatic carbocycles. The Morgan fingerprint density at radius 1 is 1.10 bits per heavy atom. The third-order valence-corrected chi connectivity index (χ3v) is 4.79. The molecule has 1 fully saturated rings. The van der Waals surface area contributed by atoms with Gasteiger partial charge < -0.3 is 19.7 Å². The number of rotatable bonds is 8. The van der Waals surface area contributed by atoms with Crippen molar-refractivity contribution < 1.29 is 19.1 Å². The van der Waals surface area contributed by atoms with Gasteiger partial charge in [0.05, 0.1) is 6.61 Å². The van der Waals surface area contributed by atoms with Crippen molar-refractivity contribution in [1.29, 1.82) is 5.26 Å². The van der Waals surface area contributed by atoms with Crippen molar-refractivity contribution in [3.05, 3.63) is 59.7 Å². The van der Waals surface area contributed by atoms with Crippen LogP contribution in [0, 0.1) is 11.3 Å². The second kappa shape index (κ2) is 10.8. The molecule has 0 saturated carbocycles. The van der Waals surface area contributed by atoms with E-state index < -0.39 is 5.91 Å². The fourth-order valence-electron chi connectivity index (χ4n) is 3.23. The van der Waals surface area contributed by atoms with Gasteiger partial charge in [-0.15, -0.1) is 0 Å². The molecular weight excluding hydrogens is 394 g/mol. The molecule has 0 bridgehead atoms. The standard InChI is InChI=1S/C24H25N3O4/c1-2-30-22-15-18(10-11-21(22)31-17-23(28)27-12-6-7-13-27)14-19(16-25)24(29)26-20-8-4-3-5-9-20/h3-5,8-11,14-15H,2,6-7,12-13,17H2,1H3,(H,26,29)/b19-14+. The number of hydrogen-bond donors (Lipinski definition) is 1. The number of anilines is 1. The van der Waals surface area contributed by atoms with Crippen LogP contribution in [-0.2, 0) is 9.59 Å². The second-order valence-electron chi connectivity index (χ2n) is 7.01. The average molecular weight is 419 g/mol. The molecule has 0 aliphatic carbocycles. The average Bonchev–Trinajstić information content (AvgIpc) is 3.32. The molecule has 7 nitrogen and oxygen atoms in total. The summed E-state index contributed by atoms with van der Waals surface area (Å²) >= 11 is 0. The van der Waals surface area contributed by atoms with Crippen LogP contribution in [0.3, 0.4) is 0 Å². The van der Waals surface area contributed by atoms with Crippen LogP contribution >= 0.6 is 0 Å². The number of hydrogen-bond acceptors (Lipinski definition) is 5. The van der Waals surface area contributed by atoms with Crippen LogP contribution in [0.25, 0.3) is 6.08 Å². The number of benzene rings is 2. The van der Waals surface area contributed by atoms with Crippen molar-refractivity contribution in [3.63, 3.8) is 0 Å². The minimum atomic E-state index is -0.497. The molecule has 31 heavy (non-hydrogen) atoms. The lowest BCUT2D eigenvalue weighted by Gasteiger charge is -2.17. The maximum Gasteiger partial charge on any atom is 0.266 e. The number of nitrogens with one attached hydrogen (secondary N) is 1. The number of carbonyl (C=O) groups is 2. The van der Waals surface area contributed by atoms with Gasteiger partial charge in [0.15, 0.2) is 18.1 Å². The summed E-state index contributed by atoms with van der Waals surface area (Å²) in [6.07, 6.45) is 3.53. The Kier molecular flexibility index (Phi) is 7.66. The first-order valence-corrected chi connectivity index (χ1v) is 10.3. The van der Waals surface area contributed by atoms with E-state index in [0.717, 1.165) is 25.9 Å². The number of carbonyl (C=O) groups excluding carboxylic acids is 2. The molecule has 1 N–H and O–H groups in total. The van der Waals surface area contributed by atoms with Crippen molar-refractivity contribution in [2.45, 2.75) is 19.8 Å². The fraction of sp³-hybridized carbons (Fsp3) is 0.292. The predicted molar refractivity (Wildman–Crippen MR) is 118 cm³/mol. The summed E-state index contributed by atoms with van der Waals surface area (Å²) in [4.78, 5) is 26.5. The molecular formula is C24H25N3O4. The number of nitrogens with zero attached hydrogens (tertiary/aromatic N) is 2. The SMILES string of the molecule is CCOc1cc(/C=C(\C#N)C(=O)Nc2ccccc2)ccc1OCC(=O)N1CCCC1. The maximum absolute atomic E-state index is 12.4. The topological polar surface area (TPSA) is 91.7 Å². The molecule has 0 atom stereocenters. The zero-order valence-corrected chi connectivity index (χ0v) is 17.5. The molecule has 0 radical (unpaired) electrons. The number of nitriles is 1. The quantitative estimate of drug-likeness (QED) is 0.521. The van der Waals surface area contributed by atoms with Crippen LogP contribution in [0.2, 0.25) is 0 Å². The summed E-state index contributed by atoms with van der Waals surface area (Å²) in [7, 11) is 0. The van der Waals surface area contributed by atoms with E-state index in [2.05, 4.69) is 5.32 Å². The van der Waals surface area contributed by atoms with Gasteiger partial charge in [-0.3, -0.25) is 9.59 Å². The summed E-state index contributed by atoms with van der Waals surface area (Å²) in [5.74, 6) is 0.349. The second-order valence-corrected chi connectivity index (χ2v) is 7.01. The summed E-state index contributed by atoms with van der Waals surface area (Å²) in [6.45, 7) is 3.73. The van der Waals surface area contributed by atoms with Crippen molar-refractivity contribution in [2.75, 3.05) is 31.6 Å². The molecule has 2 aromatic rings. The molecule has 3 rings (SSSR count).